The third-order valence-corrected chi connectivity index (χ3v) is 6.70. The Morgan fingerprint density at radius 3 is 2.39 bits per heavy atom. The van der Waals surface area contributed by atoms with Gasteiger partial charge in [0.25, 0.3) is 0 Å². The van der Waals surface area contributed by atoms with E-state index in [1.165, 1.54) is 11.8 Å². The van der Waals surface area contributed by atoms with Gasteiger partial charge in [-0.2, -0.15) is 0 Å². The minimum atomic E-state index is -0.600. The SMILES string of the molecule is CCCOc1ccc(NC(=O)C2CC(=O)N(Cc3ccccc3)C(=Nc3ccc(OC)cc3)S2)cc1. The molecule has 7 nitrogen and oxygen atoms in total. The molecular weight excluding hydrogens is 474 g/mol. The second-order valence-electron chi connectivity index (χ2n) is 8.23. The van der Waals surface area contributed by atoms with Crippen LogP contribution in [0.1, 0.15) is 25.3 Å². The number of nitrogens with one attached hydrogen (secondary N) is 1. The Morgan fingerprint density at radius 1 is 1.03 bits per heavy atom. The van der Waals surface area contributed by atoms with Gasteiger partial charge in [-0.05, 0) is 60.5 Å². The highest BCUT2D eigenvalue weighted by molar-refractivity contribution is 8.15. The minimum Gasteiger partial charge on any atom is -0.497 e. The molecule has 8 heteroatoms. The maximum Gasteiger partial charge on any atom is 0.238 e. The lowest BCUT2D eigenvalue weighted by Crippen LogP contribution is -2.44. The number of anilines is 1. The second-order valence-corrected chi connectivity index (χ2v) is 9.40. The van der Waals surface area contributed by atoms with E-state index < -0.39 is 5.25 Å². The van der Waals surface area contributed by atoms with E-state index in [1.54, 1.807) is 24.1 Å². The molecule has 1 aliphatic rings. The van der Waals surface area contributed by atoms with E-state index >= 15 is 0 Å². The smallest absolute Gasteiger partial charge is 0.238 e. The Balaban J connectivity index is 1.52. The van der Waals surface area contributed by atoms with Gasteiger partial charge in [-0.3, -0.25) is 14.5 Å². The highest BCUT2D eigenvalue weighted by Crippen LogP contribution is 2.31. The number of hydrogen-bond acceptors (Lipinski definition) is 6. The molecule has 0 aliphatic carbocycles. The van der Waals surface area contributed by atoms with Crippen LogP contribution in [0, 0.1) is 0 Å². The van der Waals surface area contributed by atoms with Gasteiger partial charge in [0, 0.05) is 12.1 Å². The zero-order valence-corrected chi connectivity index (χ0v) is 21.2. The quantitative estimate of drug-likeness (QED) is 0.409. The Morgan fingerprint density at radius 2 is 1.72 bits per heavy atom. The van der Waals surface area contributed by atoms with Gasteiger partial charge in [0.2, 0.25) is 11.8 Å². The molecule has 1 N–H and O–H groups in total. The van der Waals surface area contributed by atoms with Gasteiger partial charge < -0.3 is 14.8 Å². The fourth-order valence-electron chi connectivity index (χ4n) is 3.61. The van der Waals surface area contributed by atoms with E-state index in [1.807, 2.05) is 73.7 Å². The maximum absolute atomic E-state index is 13.2. The highest BCUT2D eigenvalue weighted by Gasteiger charge is 2.36. The molecule has 3 aromatic rings. The average molecular weight is 504 g/mol. The van der Waals surface area contributed by atoms with Gasteiger partial charge in [0.05, 0.1) is 25.9 Å². The monoisotopic (exact) mass is 503 g/mol. The van der Waals surface area contributed by atoms with Crippen molar-refractivity contribution in [1.82, 2.24) is 4.90 Å². The van der Waals surface area contributed by atoms with Crippen molar-refractivity contribution in [3.8, 4) is 11.5 Å². The van der Waals surface area contributed by atoms with Gasteiger partial charge in [0.1, 0.15) is 16.7 Å². The largest absolute Gasteiger partial charge is 0.497 e. The van der Waals surface area contributed by atoms with Crippen molar-refractivity contribution in [2.75, 3.05) is 19.0 Å². The summed E-state index contributed by atoms with van der Waals surface area (Å²) >= 11 is 1.30. The number of amides is 2. The van der Waals surface area contributed by atoms with Crippen LogP contribution in [-0.4, -0.2) is 40.8 Å². The summed E-state index contributed by atoms with van der Waals surface area (Å²) in [6.45, 7) is 3.07. The van der Waals surface area contributed by atoms with Crippen LogP contribution in [-0.2, 0) is 16.1 Å². The second kappa shape index (κ2) is 12.3. The number of aliphatic imine (C=N–C) groups is 1. The molecule has 1 atom stereocenters. The first kappa shape index (κ1) is 25.3. The van der Waals surface area contributed by atoms with Gasteiger partial charge in [-0.25, -0.2) is 4.99 Å². The Hall–Kier alpha value is -3.78. The molecule has 1 fully saturated rings. The van der Waals surface area contributed by atoms with Crippen LogP contribution in [0.5, 0.6) is 11.5 Å². The molecule has 1 aliphatic heterocycles. The van der Waals surface area contributed by atoms with Crippen molar-refractivity contribution in [1.29, 1.82) is 0 Å². The molecule has 0 spiro atoms. The van der Waals surface area contributed by atoms with Crippen LogP contribution in [0.3, 0.4) is 0 Å². The molecular formula is C28H29N3O4S. The Labute approximate surface area is 215 Å². The van der Waals surface area contributed by atoms with E-state index in [9.17, 15) is 9.59 Å². The third-order valence-electron chi connectivity index (χ3n) is 5.51. The summed E-state index contributed by atoms with van der Waals surface area (Å²) in [5, 5.41) is 2.81. The highest BCUT2D eigenvalue weighted by atomic mass is 32.2. The lowest BCUT2D eigenvalue weighted by Gasteiger charge is -2.32. The predicted octanol–water partition coefficient (Wildman–Crippen LogP) is 5.64. The molecule has 0 saturated carbocycles. The van der Waals surface area contributed by atoms with Crippen molar-refractivity contribution >= 4 is 40.1 Å². The average Bonchev–Trinajstić information content (AvgIpc) is 2.91. The molecule has 1 heterocycles. The molecule has 4 rings (SSSR count). The lowest BCUT2D eigenvalue weighted by atomic mass is 10.2. The summed E-state index contributed by atoms with van der Waals surface area (Å²) in [5.74, 6) is 1.09. The van der Waals surface area contributed by atoms with Gasteiger partial charge >= 0.3 is 0 Å². The number of ether oxygens (including phenoxy) is 2. The molecule has 0 radical (unpaired) electrons. The molecule has 1 unspecified atom stereocenters. The Bertz CT molecular complexity index is 1200. The van der Waals surface area contributed by atoms with Crippen LogP contribution in [0.15, 0.2) is 83.9 Å². The number of hydrogen-bond donors (Lipinski definition) is 1. The standard InChI is InChI=1S/C28H29N3O4S/c1-3-17-35-24-15-11-21(12-16-24)29-27(33)25-18-26(32)31(19-20-7-5-4-6-8-20)28(36-25)30-22-9-13-23(34-2)14-10-22/h4-16,25H,3,17-19H2,1-2H3,(H,29,33). The van der Waals surface area contributed by atoms with Gasteiger partial charge in [-0.15, -0.1) is 0 Å². The summed E-state index contributed by atoms with van der Waals surface area (Å²) in [6.07, 6.45) is 1.01. The number of methoxy groups -OCH3 is 1. The van der Waals surface area contributed by atoms with E-state index in [2.05, 4.69) is 5.32 Å². The van der Waals surface area contributed by atoms with Crippen LogP contribution in [0.4, 0.5) is 11.4 Å². The van der Waals surface area contributed by atoms with Gasteiger partial charge in [-0.1, -0.05) is 49.0 Å². The van der Waals surface area contributed by atoms with Crippen molar-refractivity contribution in [3.63, 3.8) is 0 Å². The maximum atomic E-state index is 13.2. The number of benzene rings is 3. The normalized spacial score (nSPS) is 16.6. The molecule has 2 amide bonds. The molecule has 0 bridgehead atoms. The number of carbonyl (C=O) groups is 2. The first-order chi connectivity index (χ1) is 17.6. The lowest BCUT2D eigenvalue weighted by molar-refractivity contribution is -0.129. The topological polar surface area (TPSA) is 80.2 Å². The van der Waals surface area contributed by atoms with E-state index in [0.717, 1.165) is 23.5 Å². The Kier molecular flexibility index (Phi) is 8.62. The number of rotatable bonds is 9. The van der Waals surface area contributed by atoms with E-state index in [0.29, 0.717) is 29.7 Å². The summed E-state index contributed by atoms with van der Waals surface area (Å²) < 4.78 is 10.8. The van der Waals surface area contributed by atoms with Crippen LogP contribution in [0.2, 0.25) is 0 Å². The number of amidine groups is 1. The van der Waals surface area contributed by atoms with E-state index in [-0.39, 0.29) is 18.2 Å². The summed E-state index contributed by atoms with van der Waals surface area (Å²) in [6, 6.07) is 24.3. The van der Waals surface area contributed by atoms with Crippen molar-refractivity contribution < 1.29 is 19.1 Å². The minimum absolute atomic E-state index is 0.0860. The zero-order chi connectivity index (χ0) is 25.3. The predicted molar refractivity (Wildman–Crippen MR) is 144 cm³/mol. The number of carbonyl (C=O) groups excluding carboxylic acids is 2. The fourth-order valence-corrected chi connectivity index (χ4v) is 4.71. The fraction of sp³-hybridized carbons (Fsp3) is 0.250. The van der Waals surface area contributed by atoms with Crippen LogP contribution in [0.25, 0.3) is 0 Å². The first-order valence-corrected chi connectivity index (χ1v) is 12.7. The summed E-state index contributed by atoms with van der Waals surface area (Å²) in [5.41, 5.74) is 2.31. The first-order valence-electron chi connectivity index (χ1n) is 11.8. The van der Waals surface area contributed by atoms with Crippen molar-refractivity contribution in [2.24, 2.45) is 4.99 Å². The van der Waals surface area contributed by atoms with Crippen LogP contribution < -0.4 is 14.8 Å². The molecule has 3 aromatic carbocycles. The zero-order valence-electron chi connectivity index (χ0n) is 20.3. The molecule has 36 heavy (non-hydrogen) atoms. The van der Waals surface area contributed by atoms with Crippen molar-refractivity contribution in [2.45, 2.75) is 31.6 Å². The van der Waals surface area contributed by atoms with Crippen LogP contribution >= 0.6 is 11.8 Å². The molecule has 0 aromatic heterocycles. The summed E-state index contributed by atoms with van der Waals surface area (Å²) in [4.78, 5) is 32.7. The summed E-state index contributed by atoms with van der Waals surface area (Å²) in [7, 11) is 1.60. The van der Waals surface area contributed by atoms with Gasteiger partial charge in [0.15, 0.2) is 5.17 Å². The van der Waals surface area contributed by atoms with Crippen molar-refractivity contribution in [3.05, 3.63) is 84.4 Å². The van der Waals surface area contributed by atoms with E-state index in [4.69, 9.17) is 14.5 Å². The number of nitrogens with zero attached hydrogens (tertiary/aromatic N) is 2. The molecule has 1 saturated heterocycles. The number of thioether (sulfide) groups is 1. The third kappa shape index (κ3) is 6.66. The molecule has 186 valence electrons.